The molecule has 0 aliphatic heterocycles. The van der Waals surface area contributed by atoms with E-state index in [4.69, 9.17) is 27.3 Å². The van der Waals surface area contributed by atoms with Crippen molar-refractivity contribution in [1.29, 1.82) is 5.26 Å². The molecule has 0 atom stereocenters. The number of nitrogen functional groups attached to an aromatic ring is 1. The van der Waals surface area contributed by atoms with Gasteiger partial charge < -0.3 is 10.5 Å². The number of nitrogens with zero attached hydrogens (tertiary/aromatic N) is 1. The maximum Gasteiger partial charge on any atom is 0.144 e. The fourth-order valence-electron chi connectivity index (χ4n) is 1.54. The highest BCUT2D eigenvalue weighted by molar-refractivity contribution is 6.30. The molecule has 0 heterocycles. The second-order valence-corrected chi connectivity index (χ2v) is 4.18. The lowest BCUT2D eigenvalue weighted by Gasteiger charge is -2.10. The van der Waals surface area contributed by atoms with E-state index in [1.165, 1.54) is 0 Å². The standard InChI is InChI=1S/C14H11ClN2O/c15-12-5-6-13(17)14(7-12)18-9-11-4-2-1-3-10(11)8-16/h1-7H,9,17H2. The summed E-state index contributed by atoms with van der Waals surface area (Å²) >= 11 is 5.87. The molecule has 2 aromatic carbocycles. The number of hydrogen-bond acceptors (Lipinski definition) is 3. The van der Waals surface area contributed by atoms with Crippen LogP contribution in [-0.2, 0) is 6.61 Å². The number of nitriles is 1. The van der Waals surface area contributed by atoms with Gasteiger partial charge in [-0.2, -0.15) is 5.26 Å². The molecule has 0 amide bonds. The molecule has 0 aliphatic carbocycles. The summed E-state index contributed by atoms with van der Waals surface area (Å²) in [5, 5.41) is 9.53. The maximum atomic E-state index is 8.96. The van der Waals surface area contributed by atoms with Gasteiger partial charge >= 0.3 is 0 Å². The molecule has 2 N–H and O–H groups in total. The first-order valence-electron chi connectivity index (χ1n) is 5.36. The van der Waals surface area contributed by atoms with Gasteiger partial charge in [0.1, 0.15) is 12.4 Å². The molecule has 0 unspecified atom stereocenters. The molecule has 0 fully saturated rings. The lowest BCUT2D eigenvalue weighted by atomic mass is 10.1. The predicted octanol–water partition coefficient (Wildman–Crippen LogP) is 3.37. The van der Waals surface area contributed by atoms with Crippen molar-refractivity contribution in [2.75, 3.05) is 5.73 Å². The van der Waals surface area contributed by atoms with Crippen molar-refractivity contribution >= 4 is 17.3 Å². The molecule has 0 bridgehead atoms. The van der Waals surface area contributed by atoms with E-state index < -0.39 is 0 Å². The van der Waals surface area contributed by atoms with E-state index in [0.29, 0.717) is 22.0 Å². The highest BCUT2D eigenvalue weighted by Crippen LogP contribution is 2.26. The van der Waals surface area contributed by atoms with E-state index in [1.54, 1.807) is 24.3 Å². The third-order valence-electron chi connectivity index (χ3n) is 2.50. The van der Waals surface area contributed by atoms with Crippen LogP contribution < -0.4 is 10.5 Å². The highest BCUT2D eigenvalue weighted by Gasteiger charge is 2.05. The number of halogens is 1. The Hall–Kier alpha value is -2.18. The van der Waals surface area contributed by atoms with Crippen LogP contribution in [0.5, 0.6) is 5.75 Å². The quantitative estimate of drug-likeness (QED) is 0.859. The van der Waals surface area contributed by atoms with Gasteiger partial charge in [-0.15, -0.1) is 0 Å². The van der Waals surface area contributed by atoms with Crippen LogP contribution in [0, 0.1) is 11.3 Å². The van der Waals surface area contributed by atoms with Crippen LogP contribution in [0.3, 0.4) is 0 Å². The lowest BCUT2D eigenvalue weighted by Crippen LogP contribution is -2.00. The molecule has 0 aromatic heterocycles. The van der Waals surface area contributed by atoms with Crippen LogP contribution in [0.2, 0.25) is 5.02 Å². The second kappa shape index (κ2) is 5.44. The Kier molecular flexibility index (Phi) is 3.71. The SMILES string of the molecule is N#Cc1ccccc1COc1cc(Cl)ccc1N. The van der Waals surface area contributed by atoms with E-state index in [2.05, 4.69) is 6.07 Å². The van der Waals surface area contributed by atoms with Gasteiger partial charge in [-0.25, -0.2) is 0 Å². The average molecular weight is 259 g/mol. The summed E-state index contributed by atoms with van der Waals surface area (Å²) in [6.45, 7) is 0.286. The number of rotatable bonds is 3. The van der Waals surface area contributed by atoms with Gasteiger partial charge in [0.25, 0.3) is 0 Å². The molecule has 90 valence electrons. The second-order valence-electron chi connectivity index (χ2n) is 3.74. The summed E-state index contributed by atoms with van der Waals surface area (Å²) < 4.78 is 5.59. The van der Waals surface area contributed by atoms with Crippen molar-refractivity contribution in [1.82, 2.24) is 0 Å². The molecule has 4 heteroatoms. The number of hydrogen-bond donors (Lipinski definition) is 1. The lowest BCUT2D eigenvalue weighted by molar-refractivity contribution is 0.307. The van der Waals surface area contributed by atoms with Crippen molar-refractivity contribution < 1.29 is 4.74 Å². The largest absolute Gasteiger partial charge is 0.487 e. The zero-order chi connectivity index (χ0) is 13.0. The molecule has 0 saturated carbocycles. The minimum Gasteiger partial charge on any atom is -0.487 e. The zero-order valence-corrected chi connectivity index (χ0v) is 10.3. The minimum atomic E-state index is 0.286. The first kappa shape index (κ1) is 12.3. The molecule has 2 aromatic rings. The molecule has 0 spiro atoms. The van der Waals surface area contributed by atoms with Crippen LogP contribution in [0.1, 0.15) is 11.1 Å². The van der Waals surface area contributed by atoms with E-state index in [9.17, 15) is 0 Å². The summed E-state index contributed by atoms with van der Waals surface area (Å²) in [4.78, 5) is 0. The van der Waals surface area contributed by atoms with E-state index in [1.807, 2.05) is 18.2 Å². The summed E-state index contributed by atoms with van der Waals surface area (Å²) in [6, 6.07) is 14.4. The van der Waals surface area contributed by atoms with Crippen molar-refractivity contribution in [3.63, 3.8) is 0 Å². The van der Waals surface area contributed by atoms with Crippen molar-refractivity contribution in [2.45, 2.75) is 6.61 Å². The van der Waals surface area contributed by atoms with E-state index in [-0.39, 0.29) is 6.61 Å². The smallest absolute Gasteiger partial charge is 0.144 e. The summed E-state index contributed by atoms with van der Waals surface area (Å²) in [5.41, 5.74) is 7.71. The van der Waals surface area contributed by atoms with Gasteiger partial charge in [0, 0.05) is 16.7 Å². The maximum absolute atomic E-state index is 8.96. The first-order chi connectivity index (χ1) is 8.70. The number of anilines is 1. The van der Waals surface area contributed by atoms with Gasteiger partial charge in [-0.3, -0.25) is 0 Å². The number of nitrogens with two attached hydrogens (primary N) is 1. The number of benzene rings is 2. The highest BCUT2D eigenvalue weighted by atomic mass is 35.5. The Bertz CT molecular complexity index is 605. The fraction of sp³-hybridized carbons (Fsp3) is 0.0714. The number of ether oxygens (including phenoxy) is 1. The van der Waals surface area contributed by atoms with Gasteiger partial charge in [-0.05, 0) is 18.2 Å². The molecule has 2 rings (SSSR count). The topological polar surface area (TPSA) is 59.0 Å². The van der Waals surface area contributed by atoms with Crippen molar-refractivity contribution in [2.24, 2.45) is 0 Å². The summed E-state index contributed by atoms with van der Waals surface area (Å²) in [5.74, 6) is 0.523. The summed E-state index contributed by atoms with van der Waals surface area (Å²) in [7, 11) is 0. The molecule has 18 heavy (non-hydrogen) atoms. The van der Waals surface area contributed by atoms with Gasteiger partial charge in [0.2, 0.25) is 0 Å². The van der Waals surface area contributed by atoms with Crippen LogP contribution >= 0.6 is 11.6 Å². The van der Waals surface area contributed by atoms with E-state index >= 15 is 0 Å². The van der Waals surface area contributed by atoms with Crippen LogP contribution in [0.15, 0.2) is 42.5 Å². The monoisotopic (exact) mass is 258 g/mol. The molecular weight excluding hydrogens is 248 g/mol. The van der Waals surface area contributed by atoms with Crippen LogP contribution in [-0.4, -0.2) is 0 Å². The van der Waals surface area contributed by atoms with Crippen molar-refractivity contribution in [3.8, 4) is 11.8 Å². The predicted molar refractivity (Wildman–Crippen MR) is 71.4 cm³/mol. The first-order valence-corrected chi connectivity index (χ1v) is 5.74. The molecule has 0 aliphatic rings. The van der Waals surface area contributed by atoms with Gasteiger partial charge in [-0.1, -0.05) is 29.8 Å². The molecule has 0 radical (unpaired) electrons. The Morgan fingerprint density at radius 1 is 1.22 bits per heavy atom. The molecule has 3 nitrogen and oxygen atoms in total. The third kappa shape index (κ3) is 2.73. The average Bonchev–Trinajstić information content (AvgIpc) is 2.40. The minimum absolute atomic E-state index is 0.286. The van der Waals surface area contributed by atoms with Crippen molar-refractivity contribution in [3.05, 3.63) is 58.6 Å². The third-order valence-corrected chi connectivity index (χ3v) is 2.73. The van der Waals surface area contributed by atoms with Gasteiger partial charge in [0.05, 0.1) is 17.3 Å². The van der Waals surface area contributed by atoms with Crippen LogP contribution in [0.25, 0.3) is 0 Å². The Morgan fingerprint density at radius 2 is 2.00 bits per heavy atom. The van der Waals surface area contributed by atoms with E-state index in [0.717, 1.165) is 5.56 Å². The normalized spacial score (nSPS) is 9.78. The van der Waals surface area contributed by atoms with Gasteiger partial charge in [0.15, 0.2) is 0 Å². The zero-order valence-electron chi connectivity index (χ0n) is 9.56. The van der Waals surface area contributed by atoms with Crippen LogP contribution in [0.4, 0.5) is 5.69 Å². The summed E-state index contributed by atoms with van der Waals surface area (Å²) in [6.07, 6.45) is 0. The molecule has 0 saturated heterocycles. The Labute approximate surface area is 110 Å². The Morgan fingerprint density at radius 3 is 2.78 bits per heavy atom. The molecular formula is C14H11ClN2O. The Balaban J connectivity index is 2.17. The fourth-order valence-corrected chi connectivity index (χ4v) is 1.71.